The molecule has 1 saturated heterocycles. The molecule has 1 amide bonds. The van der Waals surface area contributed by atoms with Crippen molar-refractivity contribution in [3.8, 4) is 0 Å². The van der Waals surface area contributed by atoms with E-state index in [1.807, 2.05) is 35.9 Å². The van der Waals surface area contributed by atoms with Crippen LogP contribution in [0.25, 0.3) is 0 Å². The number of likely N-dealkylation sites (N-methyl/N-ethyl adjacent to an activating group) is 1. The van der Waals surface area contributed by atoms with Crippen LogP contribution in [0.3, 0.4) is 0 Å². The van der Waals surface area contributed by atoms with Gasteiger partial charge in [-0.2, -0.15) is 18.3 Å². The Balaban J connectivity index is 0.000000383. The highest BCUT2D eigenvalue weighted by Gasteiger charge is 2.38. The van der Waals surface area contributed by atoms with E-state index in [4.69, 9.17) is 9.90 Å². The minimum atomic E-state index is -5.08. The Morgan fingerprint density at radius 2 is 1.61 bits per heavy atom. The molecular weight excluding hydrogens is 443 g/mol. The third-order valence-corrected chi connectivity index (χ3v) is 5.53. The number of anilines is 1. The predicted octanol–water partition coefficient (Wildman–Crippen LogP) is 1.10. The fraction of sp³-hybridized carbons (Fsp3) is 0.550. The number of hydrogen-bond donors (Lipinski definition) is 1. The summed E-state index contributed by atoms with van der Waals surface area (Å²) in [4.78, 5) is 37.1. The number of nitrogens with zero attached hydrogens (tertiary/aromatic N) is 7. The van der Waals surface area contributed by atoms with Gasteiger partial charge in [0.1, 0.15) is 0 Å². The van der Waals surface area contributed by atoms with Gasteiger partial charge in [0, 0.05) is 57.7 Å². The number of carbonyl (C=O) groups is 2. The number of fused-ring (bicyclic) bond motifs is 1. The number of carbonyl (C=O) groups excluding carboxylic acids is 1. The molecule has 180 valence electrons. The van der Waals surface area contributed by atoms with Gasteiger partial charge in [0.15, 0.2) is 5.69 Å². The Labute approximate surface area is 188 Å². The number of carboxylic acid groups (broad SMARTS) is 1. The largest absolute Gasteiger partial charge is 0.490 e. The van der Waals surface area contributed by atoms with Gasteiger partial charge in [0.2, 0.25) is 5.95 Å². The zero-order valence-electron chi connectivity index (χ0n) is 18.6. The molecule has 2 aromatic rings. The molecule has 2 aliphatic rings. The minimum absolute atomic E-state index is 0.0648. The summed E-state index contributed by atoms with van der Waals surface area (Å²) in [6.45, 7) is 6.82. The van der Waals surface area contributed by atoms with Crippen molar-refractivity contribution in [2.75, 3.05) is 44.7 Å². The molecule has 4 heterocycles. The van der Waals surface area contributed by atoms with Crippen LogP contribution >= 0.6 is 0 Å². The number of amides is 1. The molecular formula is C20H26F3N7O3. The van der Waals surface area contributed by atoms with Crippen LogP contribution < -0.4 is 4.90 Å². The van der Waals surface area contributed by atoms with Crippen LogP contribution in [0.4, 0.5) is 19.1 Å². The number of piperazine rings is 1. The van der Waals surface area contributed by atoms with Crippen molar-refractivity contribution in [1.29, 1.82) is 0 Å². The zero-order valence-corrected chi connectivity index (χ0v) is 18.6. The summed E-state index contributed by atoms with van der Waals surface area (Å²) in [6.07, 6.45) is -0.623. The van der Waals surface area contributed by atoms with Crippen molar-refractivity contribution < 1.29 is 27.9 Å². The van der Waals surface area contributed by atoms with Gasteiger partial charge in [-0.3, -0.25) is 9.48 Å². The highest BCUT2D eigenvalue weighted by Crippen LogP contribution is 2.25. The molecule has 1 fully saturated rings. The van der Waals surface area contributed by atoms with E-state index in [1.54, 1.807) is 0 Å². The van der Waals surface area contributed by atoms with E-state index in [0.29, 0.717) is 12.2 Å². The summed E-state index contributed by atoms with van der Waals surface area (Å²) >= 11 is 0. The summed E-state index contributed by atoms with van der Waals surface area (Å²) < 4.78 is 33.6. The molecule has 10 nitrogen and oxygen atoms in total. The normalized spacial score (nSPS) is 16.7. The average molecular weight is 469 g/mol. The Kier molecular flexibility index (Phi) is 7.20. The molecule has 2 aliphatic heterocycles. The van der Waals surface area contributed by atoms with Crippen LogP contribution in [0.5, 0.6) is 0 Å². The van der Waals surface area contributed by atoms with Crippen molar-refractivity contribution in [2.45, 2.75) is 26.1 Å². The van der Waals surface area contributed by atoms with Gasteiger partial charge in [-0.1, -0.05) is 0 Å². The third kappa shape index (κ3) is 5.78. The van der Waals surface area contributed by atoms with Crippen LogP contribution in [0.2, 0.25) is 0 Å². The number of alkyl halides is 3. The van der Waals surface area contributed by atoms with E-state index in [0.717, 1.165) is 61.9 Å². The van der Waals surface area contributed by atoms with Crippen molar-refractivity contribution in [3.05, 3.63) is 34.9 Å². The van der Waals surface area contributed by atoms with Crippen molar-refractivity contribution >= 4 is 17.8 Å². The van der Waals surface area contributed by atoms with Gasteiger partial charge in [-0.15, -0.1) is 0 Å². The highest BCUT2D eigenvalue weighted by molar-refractivity contribution is 5.94. The molecule has 2 aromatic heterocycles. The van der Waals surface area contributed by atoms with Crippen LogP contribution in [0.1, 0.15) is 27.3 Å². The smallest absolute Gasteiger partial charge is 0.475 e. The lowest BCUT2D eigenvalue weighted by molar-refractivity contribution is -0.192. The number of aryl methyl sites for hydroxylation is 2. The molecule has 0 bridgehead atoms. The summed E-state index contributed by atoms with van der Waals surface area (Å²) in [7, 11) is 4.01. The monoisotopic (exact) mass is 469 g/mol. The zero-order chi connectivity index (χ0) is 24.3. The van der Waals surface area contributed by atoms with Gasteiger partial charge >= 0.3 is 12.1 Å². The molecule has 33 heavy (non-hydrogen) atoms. The second-order valence-electron chi connectivity index (χ2n) is 8.03. The topological polar surface area (TPSA) is 108 Å². The molecule has 0 spiro atoms. The lowest BCUT2D eigenvalue weighted by Gasteiger charge is -2.32. The highest BCUT2D eigenvalue weighted by atomic mass is 19.4. The van der Waals surface area contributed by atoms with E-state index < -0.39 is 12.1 Å². The standard InChI is InChI=1S/C18H25N7O.C2HF3O2/c1-13-10-19-18(20-11-13)25-5-4-14-15(12-25)23(3)21-16(14)17(26)24-8-6-22(2)7-9-24;3-2(4,5)1(6)7/h10-11H,4-9,12H2,1-3H3;(H,6,7). The SMILES string of the molecule is Cc1cnc(N2CCc3c(C(=O)N4CCN(C)CC4)nn(C)c3C2)nc1.O=C(O)C(F)(F)F. The van der Waals surface area contributed by atoms with Gasteiger partial charge < -0.3 is 19.8 Å². The molecule has 13 heteroatoms. The van der Waals surface area contributed by atoms with Crippen molar-refractivity contribution in [3.63, 3.8) is 0 Å². The second kappa shape index (κ2) is 9.73. The van der Waals surface area contributed by atoms with Gasteiger partial charge in [0.05, 0.1) is 12.2 Å². The van der Waals surface area contributed by atoms with Gasteiger partial charge in [0.25, 0.3) is 5.91 Å². The Hall–Kier alpha value is -3.22. The summed E-state index contributed by atoms with van der Waals surface area (Å²) in [5, 5.41) is 11.7. The molecule has 0 aliphatic carbocycles. The van der Waals surface area contributed by atoms with Crippen LogP contribution in [0, 0.1) is 6.92 Å². The summed E-state index contributed by atoms with van der Waals surface area (Å²) in [5.74, 6) is -1.96. The number of aromatic nitrogens is 4. The molecule has 0 radical (unpaired) electrons. The van der Waals surface area contributed by atoms with E-state index in [9.17, 15) is 18.0 Å². The number of carboxylic acids is 1. The molecule has 0 atom stereocenters. The summed E-state index contributed by atoms with van der Waals surface area (Å²) in [6, 6.07) is 0. The van der Waals surface area contributed by atoms with Crippen LogP contribution in [0.15, 0.2) is 12.4 Å². The first-order chi connectivity index (χ1) is 15.5. The third-order valence-electron chi connectivity index (χ3n) is 5.53. The Bertz CT molecular complexity index is 1000. The molecule has 0 aromatic carbocycles. The quantitative estimate of drug-likeness (QED) is 0.697. The van der Waals surface area contributed by atoms with Gasteiger partial charge in [-0.05, 0) is 26.0 Å². The molecule has 4 rings (SSSR count). The van der Waals surface area contributed by atoms with Crippen LogP contribution in [-0.4, -0.2) is 92.5 Å². The first kappa shape index (κ1) is 24.4. The fourth-order valence-corrected chi connectivity index (χ4v) is 3.62. The van der Waals surface area contributed by atoms with E-state index >= 15 is 0 Å². The van der Waals surface area contributed by atoms with E-state index in [1.165, 1.54) is 0 Å². The average Bonchev–Trinajstić information content (AvgIpc) is 3.10. The van der Waals surface area contributed by atoms with E-state index in [-0.39, 0.29) is 5.91 Å². The predicted molar refractivity (Wildman–Crippen MR) is 112 cm³/mol. The van der Waals surface area contributed by atoms with E-state index in [2.05, 4.69) is 31.9 Å². The second-order valence-corrected chi connectivity index (χ2v) is 8.03. The lowest BCUT2D eigenvalue weighted by Crippen LogP contribution is -2.47. The molecule has 0 unspecified atom stereocenters. The lowest BCUT2D eigenvalue weighted by atomic mass is 10.0. The number of hydrogen-bond acceptors (Lipinski definition) is 7. The summed E-state index contributed by atoms with van der Waals surface area (Å²) in [5.41, 5.74) is 3.83. The fourth-order valence-electron chi connectivity index (χ4n) is 3.62. The number of aliphatic carboxylic acids is 1. The van der Waals surface area contributed by atoms with Gasteiger partial charge in [-0.25, -0.2) is 14.8 Å². The minimum Gasteiger partial charge on any atom is -0.475 e. The number of rotatable bonds is 2. The maximum Gasteiger partial charge on any atom is 0.490 e. The van der Waals surface area contributed by atoms with Crippen molar-refractivity contribution in [1.82, 2.24) is 29.5 Å². The van der Waals surface area contributed by atoms with Crippen molar-refractivity contribution in [2.24, 2.45) is 7.05 Å². The number of halogens is 3. The Morgan fingerprint density at radius 3 is 2.15 bits per heavy atom. The first-order valence-electron chi connectivity index (χ1n) is 10.3. The maximum absolute atomic E-state index is 13.0. The van der Waals surface area contributed by atoms with Crippen LogP contribution in [-0.2, 0) is 24.8 Å². The Morgan fingerprint density at radius 1 is 1.03 bits per heavy atom. The first-order valence-corrected chi connectivity index (χ1v) is 10.3. The molecule has 1 N–H and O–H groups in total. The molecule has 0 saturated carbocycles. The maximum atomic E-state index is 13.0.